The average molecular weight is 446 g/mol. The van der Waals surface area contributed by atoms with Crippen LogP contribution in [-0.2, 0) is 11.3 Å². The maximum atomic E-state index is 5.43. The highest BCUT2D eigenvalue weighted by molar-refractivity contribution is 5.90. The fourth-order valence-corrected chi connectivity index (χ4v) is 3.75. The van der Waals surface area contributed by atoms with Gasteiger partial charge in [-0.3, -0.25) is 9.58 Å². The number of nitrogens with zero attached hydrogens (tertiary/aromatic N) is 4. The Bertz CT molecular complexity index is 687. The number of para-hydroxylation sites is 1. The van der Waals surface area contributed by atoms with Crippen LogP contribution < -0.4 is 5.32 Å². The van der Waals surface area contributed by atoms with Gasteiger partial charge in [-0.05, 0) is 44.6 Å². The van der Waals surface area contributed by atoms with E-state index in [0.717, 1.165) is 84.2 Å². The van der Waals surface area contributed by atoms with Crippen molar-refractivity contribution in [3.63, 3.8) is 0 Å². The predicted octanol–water partition coefficient (Wildman–Crippen LogP) is 3.75. The molecule has 0 radical (unpaired) electrons. The molecule has 166 valence electrons. The summed E-state index contributed by atoms with van der Waals surface area (Å²) in [4.78, 5) is 4.95. The van der Waals surface area contributed by atoms with Gasteiger partial charge in [0.05, 0.1) is 18.7 Å². The Morgan fingerprint density at radius 2 is 1.76 bits per heavy atom. The molecule has 0 aliphatic carbocycles. The van der Waals surface area contributed by atoms with Gasteiger partial charge >= 0.3 is 0 Å². The molecule has 3 rings (SSSR count). The number of morpholine rings is 1. The van der Waals surface area contributed by atoms with E-state index in [-0.39, 0.29) is 24.8 Å². The number of nitrogens with one attached hydrogen (secondary N) is 1. The van der Waals surface area contributed by atoms with Crippen molar-refractivity contribution < 1.29 is 4.74 Å². The van der Waals surface area contributed by atoms with Crippen LogP contribution in [0.25, 0.3) is 10.9 Å². The first kappa shape index (κ1) is 26.0. The fraction of sp³-hybridized carbons (Fsp3) is 0.667. The smallest absolute Gasteiger partial charge is 0.155 e. The van der Waals surface area contributed by atoms with Crippen molar-refractivity contribution in [1.29, 1.82) is 0 Å². The maximum absolute atomic E-state index is 5.43. The second-order valence-electron chi connectivity index (χ2n) is 7.20. The molecule has 1 aliphatic rings. The van der Waals surface area contributed by atoms with Crippen LogP contribution in [-0.4, -0.2) is 78.6 Å². The van der Waals surface area contributed by atoms with Crippen molar-refractivity contribution in [3.05, 3.63) is 24.3 Å². The molecule has 2 heterocycles. The highest BCUT2D eigenvalue weighted by atomic mass is 35.5. The molecular formula is C21H37Cl2N5O. The van der Waals surface area contributed by atoms with E-state index in [2.05, 4.69) is 57.9 Å². The number of ether oxygens (including phenoxy) is 1. The molecule has 1 aromatic carbocycles. The summed E-state index contributed by atoms with van der Waals surface area (Å²) in [5.41, 5.74) is 1.23. The van der Waals surface area contributed by atoms with E-state index in [4.69, 9.17) is 9.84 Å². The Morgan fingerprint density at radius 3 is 2.48 bits per heavy atom. The lowest BCUT2D eigenvalue weighted by Gasteiger charge is -2.26. The third-order valence-electron chi connectivity index (χ3n) is 5.44. The minimum absolute atomic E-state index is 0. The summed E-state index contributed by atoms with van der Waals surface area (Å²) in [6.07, 6.45) is 2.26. The van der Waals surface area contributed by atoms with E-state index in [1.165, 1.54) is 10.9 Å². The van der Waals surface area contributed by atoms with Crippen LogP contribution in [0.1, 0.15) is 26.7 Å². The van der Waals surface area contributed by atoms with E-state index in [1.807, 2.05) is 0 Å². The summed E-state index contributed by atoms with van der Waals surface area (Å²) in [7, 11) is 0. The van der Waals surface area contributed by atoms with Gasteiger partial charge in [0.15, 0.2) is 5.82 Å². The molecule has 1 N–H and O–H groups in total. The molecule has 0 spiro atoms. The Labute approximate surface area is 187 Å². The number of anilines is 1. The minimum atomic E-state index is 0. The van der Waals surface area contributed by atoms with Gasteiger partial charge in [-0.15, -0.1) is 24.8 Å². The molecule has 0 bridgehead atoms. The van der Waals surface area contributed by atoms with Gasteiger partial charge in [-0.25, -0.2) is 0 Å². The molecule has 8 heteroatoms. The van der Waals surface area contributed by atoms with E-state index in [9.17, 15) is 0 Å². The lowest BCUT2D eigenvalue weighted by molar-refractivity contribution is 0.0368. The third-order valence-corrected chi connectivity index (χ3v) is 5.44. The first-order chi connectivity index (χ1) is 13.3. The summed E-state index contributed by atoms with van der Waals surface area (Å²) in [5.74, 6) is 1.02. The molecule has 6 nitrogen and oxygen atoms in total. The third kappa shape index (κ3) is 7.61. The van der Waals surface area contributed by atoms with Crippen molar-refractivity contribution in [1.82, 2.24) is 19.6 Å². The van der Waals surface area contributed by atoms with Gasteiger partial charge in [0, 0.05) is 38.1 Å². The molecule has 1 saturated heterocycles. The topological polar surface area (TPSA) is 45.6 Å². The van der Waals surface area contributed by atoms with E-state index >= 15 is 0 Å². The second kappa shape index (κ2) is 14.0. The molecule has 1 aliphatic heterocycles. The molecule has 0 saturated carbocycles. The van der Waals surface area contributed by atoms with Crippen molar-refractivity contribution in [2.24, 2.45) is 0 Å². The number of aromatic nitrogens is 2. The average Bonchev–Trinajstić information content (AvgIpc) is 3.07. The van der Waals surface area contributed by atoms with Crippen molar-refractivity contribution in [2.45, 2.75) is 33.2 Å². The molecule has 1 aromatic heterocycles. The maximum Gasteiger partial charge on any atom is 0.155 e. The second-order valence-corrected chi connectivity index (χ2v) is 7.20. The minimum Gasteiger partial charge on any atom is -0.379 e. The highest BCUT2D eigenvalue weighted by Crippen LogP contribution is 2.23. The quantitative estimate of drug-likeness (QED) is 0.533. The van der Waals surface area contributed by atoms with E-state index < -0.39 is 0 Å². The van der Waals surface area contributed by atoms with Gasteiger partial charge in [0.1, 0.15) is 0 Å². The Hall–Kier alpha value is -1.05. The number of hydrogen-bond donors (Lipinski definition) is 1. The van der Waals surface area contributed by atoms with E-state index in [1.54, 1.807) is 0 Å². The zero-order chi connectivity index (χ0) is 18.9. The van der Waals surface area contributed by atoms with Crippen LogP contribution >= 0.6 is 24.8 Å². The van der Waals surface area contributed by atoms with Crippen LogP contribution in [0.15, 0.2) is 24.3 Å². The van der Waals surface area contributed by atoms with Gasteiger partial charge in [0.25, 0.3) is 0 Å². The zero-order valence-electron chi connectivity index (χ0n) is 17.8. The SMILES string of the molecule is CCN(CC)CCCNc1nn(CCCN2CCOCC2)c2ccccc12.Cl.Cl. The number of halogens is 2. The van der Waals surface area contributed by atoms with Crippen molar-refractivity contribution >= 4 is 41.5 Å². The van der Waals surface area contributed by atoms with Crippen LogP contribution in [0.3, 0.4) is 0 Å². The molecular weight excluding hydrogens is 409 g/mol. The summed E-state index contributed by atoms with van der Waals surface area (Å²) in [6, 6.07) is 8.56. The molecule has 1 fully saturated rings. The molecule has 0 amide bonds. The standard InChI is InChI=1S/C21H35N5O.2ClH/c1-3-24(4-2)12-7-11-22-21-19-9-5-6-10-20(19)26(23-21)14-8-13-25-15-17-27-18-16-25;;/h5-6,9-10H,3-4,7-8,11-18H2,1-2H3,(H,22,23);2*1H. The van der Waals surface area contributed by atoms with E-state index in [0.29, 0.717) is 0 Å². The van der Waals surface area contributed by atoms with Gasteiger partial charge in [-0.1, -0.05) is 26.0 Å². The number of fused-ring (bicyclic) bond motifs is 1. The monoisotopic (exact) mass is 445 g/mol. The first-order valence-electron chi connectivity index (χ1n) is 10.5. The number of benzene rings is 1. The lowest BCUT2D eigenvalue weighted by atomic mass is 10.2. The predicted molar refractivity (Wildman–Crippen MR) is 127 cm³/mol. The highest BCUT2D eigenvalue weighted by Gasteiger charge is 2.12. The lowest BCUT2D eigenvalue weighted by Crippen LogP contribution is -2.37. The summed E-state index contributed by atoms with van der Waals surface area (Å²) >= 11 is 0. The van der Waals surface area contributed by atoms with Gasteiger partial charge in [-0.2, -0.15) is 5.10 Å². The Morgan fingerprint density at radius 1 is 1.03 bits per heavy atom. The molecule has 29 heavy (non-hydrogen) atoms. The summed E-state index contributed by atoms with van der Waals surface area (Å²) < 4.78 is 7.60. The first-order valence-corrected chi connectivity index (χ1v) is 10.5. The summed E-state index contributed by atoms with van der Waals surface area (Å²) in [5, 5.41) is 9.67. The molecule has 0 atom stereocenters. The largest absolute Gasteiger partial charge is 0.379 e. The molecule has 0 unspecified atom stereocenters. The number of rotatable bonds is 11. The number of hydrogen-bond acceptors (Lipinski definition) is 5. The van der Waals surface area contributed by atoms with Gasteiger partial charge < -0.3 is 15.0 Å². The Kier molecular flexibility index (Phi) is 12.6. The van der Waals surface area contributed by atoms with Crippen molar-refractivity contribution in [2.75, 3.05) is 64.3 Å². The van der Waals surface area contributed by atoms with Crippen LogP contribution in [0, 0.1) is 0 Å². The Balaban J connectivity index is 0.00000210. The van der Waals surface area contributed by atoms with Crippen molar-refractivity contribution in [3.8, 4) is 0 Å². The van der Waals surface area contributed by atoms with Crippen LogP contribution in [0.4, 0.5) is 5.82 Å². The normalized spacial score (nSPS) is 14.6. The van der Waals surface area contributed by atoms with Gasteiger partial charge in [0.2, 0.25) is 0 Å². The zero-order valence-corrected chi connectivity index (χ0v) is 19.4. The summed E-state index contributed by atoms with van der Waals surface area (Å²) in [6.45, 7) is 14.7. The fourth-order valence-electron chi connectivity index (χ4n) is 3.75. The molecule has 2 aromatic rings. The van der Waals surface area contributed by atoms with Crippen LogP contribution in [0.2, 0.25) is 0 Å². The number of aryl methyl sites for hydroxylation is 1. The van der Waals surface area contributed by atoms with Crippen LogP contribution in [0.5, 0.6) is 0 Å².